The second kappa shape index (κ2) is 6.45. The quantitative estimate of drug-likeness (QED) is 0.674. The number of nitrogens with zero attached hydrogens (tertiary/aromatic N) is 1. The summed E-state index contributed by atoms with van der Waals surface area (Å²) in [5, 5.41) is 1.93. The molecule has 3 aromatic rings. The van der Waals surface area contributed by atoms with Crippen molar-refractivity contribution in [2.24, 2.45) is 0 Å². The predicted octanol–water partition coefficient (Wildman–Crippen LogP) is 4.47. The Kier molecular flexibility index (Phi) is 4.51. The van der Waals surface area contributed by atoms with E-state index in [9.17, 15) is 8.42 Å². The molecule has 2 aromatic heterocycles. The van der Waals surface area contributed by atoms with Gasteiger partial charge >= 0.3 is 0 Å². The average molecular weight is 361 g/mol. The van der Waals surface area contributed by atoms with Crippen molar-refractivity contribution >= 4 is 21.4 Å². The van der Waals surface area contributed by atoms with Crippen LogP contribution in [0.2, 0.25) is 0 Å². The number of thiophene rings is 1. The van der Waals surface area contributed by atoms with Crippen LogP contribution in [0.25, 0.3) is 10.6 Å². The van der Waals surface area contributed by atoms with E-state index in [1.165, 1.54) is 15.3 Å². The zero-order valence-electron chi connectivity index (χ0n) is 13.8. The third-order valence-electron chi connectivity index (χ3n) is 3.71. The minimum Gasteiger partial charge on any atom is -0.492 e. The molecule has 0 bridgehead atoms. The lowest BCUT2D eigenvalue weighted by atomic mass is 10.2. The molecule has 24 heavy (non-hydrogen) atoms. The SMILES string of the molecule is CCOc1cc(C)n(S(=O)(=O)c2ccc(C)cc2)c1-c1cccs1. The van der Waals surface area contributed by atoms with Gasteiger partial charge in [-0.25, -0.2) is 12.4 Å². The molecule has 0 atom stereocenters. The van der Waals surface area contributed by atoms with Gasteiger partial charge in [-0.15, -0.1) is 11.3 Å². The van der Waals surface area contributed by atoms with Crippen LogP contribution in [0.4, 0.5) is 0 Å². The summed E-state index contributed by atoms with van der Waals surface area (Å²) in [6, 6.07) is 12.5. The largest absolute Gasteiger partial charge is 0.492 e. The number of hydrogen-bond donors (Lipinski definition) is 0. The Morgan fingerprint density at radius 3 is 2.42 bits per heavy atom. The van der Waals surface area contributed by atoms with E-state index in [0.29, 0.717) is 23.7 Å². The van der Waals surface area contributed by atoms with Crippen LogP contribution in [-0.2, 0) is 10.0 Å². The Hall–Kier alpha value is -2.05. The number of rotatable bonds is 5. The average Bonchev–Trinajstić information content (AvgIpc) is 3.15. The van der Waals surface area contributed by atoms with E-state index in [2.05, 4.69) is 0 Å². The lowest BCUT2D eigenvalue weighted by Gasteiger charge is -2.13. The first kappa shape index (κ1) is 16.8. The highest BCUT2D eigenvalue weighted by molar-refractivity contribution is 7.90. The number of hydrogen-bond acceptors (Lipinski definition) is 4. The van der Waals surface area contributed by atoms with Gasteiger partial charge in [-0.1, -0.05) is 23.8 Å². The molecule has 3 rings (SSSR count). The second-order valence-corrected chi connectivity index (χ2v) is 8.23. The van der Waals surface area contributed by atoms with Crippen molar-refractivity contribution < 1.29 is 13.2 Å². The molecule has 126 valence electrons. The summed E-state index contributed by atoms with van der Waals surface area (Å²) < 4.78 is 33.5. The van der Waals surface area contributed by atoms with Gasteiger partial charge in [-0.3, -0.25) is 0 Å². The molecule has 0 saturated carbocycles. The summed E-state index contributed by atoms with van der Waals surface area (Å²) in [5.74, 6) is 0.591. The molecule has 0 aliphatic carbocycles. The van der Waals surface area contributed by atoms with Crippen LogP contribution in [0.5, 0.6) is 5.75 Å². The first-order chi connectivity index (χ1) is 11.4. The number of benzene rings is 1. The highest BCUT2D eigenvalue weighted by Crippen LogP contribution is 2.38. The van der Waals surface area contributed by atoms with Gasteiger partial charge in [-0.05, 0) is 44.4 Å². The molecule has 0 fully saturated rings. The molecule has 0 radical (unpaired) electrons. The molecule has 1 aromatic carbocycles. The molecule has 0 spiro atoms. The molecule has 0 amide bonds. The topological polar surface area (TPSA) is 48.3 Å². The summed E-state index contributed by atoms with van der Waals surface area (Å²) in [6.45, 7) is 6.08. The van der Waals surface area contributed by atoms with E-state index in [-0.39, 0.29) is 4.90 Å². The Balaban J connectivity index is 2.25. The molecule has 0 N–H and O–H groups in total. The van der Waals surface area contributed by atoms with E-state index in [1.54, 1.807) is 37.3 Å². The fourth-order valence-corrected chi connectivity index (χ4v) is 4.99. The molecular formula is C18H19NO3S2. The zero-order valence-corrected chi connectivity index (χ0v) is 15.4. The first-order valence-electron chi connectivity index (χ1n) is 7.66. The smallest absolute Gasteiger partial charge is 0.268 e. The maximum atomic E-state index is 13.2. The zero-order chi connectivity index (χ0) is 17.3. The van der Waals surface area contributed by atoms with Gasteiger partial charge in [-0.2, -0.15) is 0 Å². The maximum absolute atomic E-state index is 13.2. The van der Waals surface area contributed by atoms with Gasteiger partial charge in [0.25, 0.3) is 10.0 Å². The highest BCUT2D eigenvalue weighted by Gasteiger charge is 2.27. The van der Waals surface area contributed by atoms with Gasteiger partial charge in [0, 0.05) is 11.8 Å². The van der Waals surface area contributed by atoms with Crippen LogP contribution in [0.1, 0.15) is 18.2 Å². The molecule has 2 heterocycles. The second-order valence-electron chi connectivity index (χ2n) is 5.49. The maximum Gasteiger partial charge on any atom is 0.268 e. The Morgan fingerprint density at radius 2 is 1.83 bits per heavy atom. The standard InChI is InChI=1S/C18H19NO3S2/c1-4-22-16-12-14(3)19(18(16)17-6-5-11-23-17)24(20,21)15-9-7-13(2)8-10-15/h5-12H,4H2,1-3H3. The molecule has 0 aliphatic heterocycles. The molecule has 0 aliphatic rings. The predicted molar refractivity (Wildman–Crippen MR) is 97.4 cm³/mol. The normalized spacial score (nSPS) is 11.6. The van der Waals surface area contributed by atoms with Crippen molar-refractivity contribution in [3.8, 4) is 16.3 Å². The minimum absolute atomic E-state index is 0.271. The monoisotopic (exact) mass is 361 g/mol. The van der Waals surface area contributed by atoms with Crippen LogP contribution in [-0.4, -0.2) is 19.0 Å². The third-order valence-corrected chi connectivity index (χ3v) is 6.41. The van der Waals surface area contributed by atoms with Crippen molar-refractivity contribution in [1.29, 1.82) is 0 Å². The van der Waals surface area contributed by atoms with Crippen molar-refractivity contribution in [3.63, 3.8) is 0 Å². The van der Waals surface area contributed by atoms with E-state index in [1.807, 2.05) is 31.4 Å². The van der Waals surface area contributed by atoms with Crippen LogP contribution in [0.3, 0.4) is 0 Å². The first-order valence-corrected chi connectivity index (χ1v) is 9.98. The van der Waals surface area contributed by atoms with Gasteiger partial charge < -0.3 is 4.74 Å². The van der Waals surface area contributed by atoms with E-state index >= 15 is 0 Å². The van der Waals surface area contributed by atoms with Crippen molar-refractivity contribution in [1.82, 2.24) is 3.97 Å². The number of ether oxygens (including phenoxy) is 1. The Morgan fingerprint density at radius 1 is 1.12 bits per heavy atom. The number of aromatic nitrogens is 1. The third kappa shape index (κ3) is 2.87. The lowest BCUT2D eigenvalue weighted by molar-refractivity contribution is 0.342. The van der Waals surface area contributed by atoms with Gasteiger partial charge in [0.1, 0.15) is 11.4 Å². The summed E-state index contributed by atoms with van der Waals surface area (Å²) in [7, 11) is -3.70. The molecular weight excluding hydrogens is 342 g/mol. The molecule has 0 unspecified atom stereocenters. The highest BCUT2D eigenvalue weighted by atomic mass is 32.2. The summed E-state index contributed by atoms with van der Waals surface area (Å²) in [6.07, 6.45) is 0. The summed E-state index contributed by atoms with van der Waals surface area (Å²) in [5.41, 5.74) is 2.24. The van der Waals surface area contributed by atoms with Gasteiger partial charge in [0.05, 0.1) is 16.4 Å². The van der Waals surface area contributed by atoms with Crippen LogP contribution >= 0.6 is 11.3 Å². The van der Waals surface area contributed by atoms with Gasteiger partial charge in [0.15, 0.2) is 0 Å². The van der Waals surface area contributed by atoms with Crippen molar-refractivity contribution in [2.45, 2.75) is 25.7 Å². The summed E-state index contributed by atoms with van der Waals surface area (Å²) >= 11 is 1.49. The van der Waals surface area contributed by atoms with E-state index in [0.717, 1.165) is 10.4 Å². The van der Waals surface area contributed by atoms with Crippen LogP contribution in [0.15, 0.2) is 52.7 Å². The molecule has 0 saturated heterocycles. The summed E-state index contributed by atoms with van der Waals surface area (Å²) in [4.78, 5) is 1.13. The van der Waals surface area contributed by atoms with Crippen LogP contribution in [0, 0.1) is 13.8 Å². The number of aryl methyl sites for hydroxylation is 2. The Labute approximate surface area is 146 Å². The molecule has 4 nitrogen and oxygen atoms in total. The lowest BCUT2D eigenvalue weighted by Crippen LogP contribution is -2.15. The fourth-order valence-electron chi connectivity index (χ4n) is 2.62. The van der Waals surface area contributed by atoms with Crippen molar-refractivity contribution in [2.75, 3.05) is 6.61 Å². The Bertz CT molecular complexity index is 937. The van der Waals surface area contributed by atoms with E-state index in [4.69, 9.17) is 4.74 Å². The van der Waals surface area contributed by atoms with Crippen molar-refractivity contribution in [3.05, 3.63) is 59.1 Å². The molecule has 6 heteroatoms. The van der Waals surface area contributed by atoms with Crippen LogP contribution < -0.4 is 4.74 Å². The fraction of sp³-hybridized carbons (Fsp3) is 0.222. The van der Waals surface area contributed by atoms with Gasteiger partial charge in [0.2, 0.25) is 0 Å². The van der Waals surface area contributed by atoms with E-state index < -0.39 is 10.0 Å². The minimum atomic E-state index is -3.70.